The van der Waals surface area contributed by atoms with Crippen LogP contribution < -0.4 is 0 Å². The Morgan fingerprint density at radius 1 is 1.26 bits per heavy atom. The number of hydrogen-bond donors (Lipinski definition) is 1. The number of nitrogens with zero attached hydrogens (tertiary/aromatic N) is 1. The summed E-state index contributed by atoms with van der Waals surface area (Å²) in [5.41, 5.74) is 3.16. The van der Waals surface area contributed by atoms with Gasteiger partial charge in [-0.15, -0.1) is 0 Å². The lowest BCUT2D eigenvalue weighted by Gasteiger charge is -2.20. The van der Waals surface area contributed by atoms with E-state index in [-0.39, 0.29) is 12.5 Å². The molecule has 0 unspecified atom stereocenters. The number of fused-ring (bicyclic) bond motifs is 1. The van der Waals surface area contributed by atoms with Gasteiger partial charge in [0.05, 0.1) is 0 Å². The van der Waals surface area contributed by atoms with E-state index in [0.717, 1.165) is 25.7 Å². The highest BCUT2D eigenvalue weighted by Gasteiger charge is 2.19. The van der Waals surface area contributed by atoms with Crippen molar-refractivity contribution in [2.45, 2.75) is 32.6 Å². The number of benzene rings is 1. The molecule has 1 aromatic carbocycles. The minimum atomic E-state index is -0.969. The maximum atomic E-state index is 12.3. The minimum absolute atomic E-state index is 0.182. The number of carbonyl (C=O) groups excluding carboxylic acids is 1. The molecule has 1 aliphatic carbocycles. The van der Waals surface area contributed by atoms with Gasteiger partial charge in [0.25, 0.3) is 5.91 Å². The normalized spacial score (nSPS) is 13.1. The van der Waals surface area contributed by atoms with E-state index in [1.807, 2.05) is 25.1 Å². The van der Waals surface area contributed by atoms with E-state index in [4.69, 9.17) is 5.11 Å². The van der Waals surface area contributed by atoms with E-state index < -0.39 is 5.97 Å². The van der Waals surface area contributed by atoms with Crippen molar-refractivity contribution >= 4 is 11.9 Å². The lowest BCUT2D eigenvalue weighted by atomic mass is 10.1. The lowest BCUT2D eigenvalue weighted by Crippen LogP contribution is -2.36. The van der Waals surface area contributed by atoms with Gasteiger partial charge >= 0.3 is 5.97 Å². The molecule has 0 bridgehead atoms. The van der Waals surface area contributed by atoms with Crippen molar-refractivity contribution in [1.29, 1.82) is 0 Å². The van der Waals surface area contributed by atoms with Gasteiger partial charge in [-0.2, -0.15) is 0 Å². The third-order valence-electron chi connectivity index (χ3n) is 3.45. The maximum absolute atomic E-state index is 12.3. The van der Waals surface area contributed by atoms with E-state index in [1.54, 1.807) is 0 Å². The van der Waals surface area contributed by atoms with E-state index >= 15 is 0 Å². The lowest BCUT2D eigenvalue weighted by molar-refractivity contribution is -0.137. The number of carboxylic acids is 1. The second-order valence-corrected chi connectivity index (χ2v) is 4.96. The predicted octanol–water partition coefficient (Wildman–Crippen LogP) is 2.11. The number of rotatable bonds is 5. The van der Waals surface area contributed by atoms with Crippen LogP contribution in [0.4, 0.5) is 0 Å². The molecule has 2 rings (SSSR count). The number of carbonyl (C=O) groups is 2. The highest BCUT2D eigenvalue weighted by molar-refractivity contribution is 5.96. The fourth-order valence-electron chi connectivity index (χ4n) is 2.57. The highest BCUT2D eigenvalue weighted by atomic mass is 16.4. The van der Waals surface area contributed by atoms with Crippen LogP contribution in [0.2, 0.25) is 0 Å². The van der Waals surface area contributed by atoms with Crippen LogP contribution in [0.1, 0.15) is 41.3 Å². The topological polar surface area (TPSA) is 57.6 Å². The average Bonchev–Trinajstić information content (AvgIpc) is 2.84. The van der Waals surface area contributed by atoms with Crippen LogP contribution in [-0.2, 0) is 17.6 Å². The molecule has 0 aliphatic heterocycles. The molecule has 0 saturated carbocycles. The average molecular weight is 261 g/mol. The summed E-state index contributed by atoms with van der Waals surface area (Å²) >= 11 is 0. The Morgan fingerprint density at radius 2 is 2.00 bits per heavy atom. The first-order chi connectivity index (χ1) is 9.11. The second kappa shape index (κ2) is 5.87. The molecular weight excluding hydrogens is 242 g/mol. The van der Waals surface area contributed by atoms with Gasteiger partial charge in [-0.3, -0.25) is 9.59 Å². The SMILES string of the molecule is CCCN(CC(=O)O)C(=O)c1ccc2c(c1)CCC2. The number of aliphatic carboxylic acids is 1. The summed E-state index contributed by atoms with van der Waals surface area (Å²) in [7, 11) is 0. The molecule has 4 heteroatoms. The molecule has 1 aliphatic rings. The van der Waals surface area contributed by atoms with Crippen molar-refractivity contribution in [2.75, 3.05) is 13.1 Å². The van der Waals surface area contributed by atoms with Crippen molar-refractivity contribution in [2.24, 2.45) is 0 Å². The van der Waals surface area contributed by atoms with Crippen molar-refractivity contribution in [3.63, 3.8) is 0 Å². The zero-order valence-electron chi connectivity index (χ0n) is 11.2. The van der Waals surface area contributed by atoms with Crippen LogP contribution in [0.25, 0.3) is 0 Å². The third kappa shape index (κ3) is 3.13. The Hall–Kier alpha value is -1.84. The number of hydrogen-bond acceptors (Lipinski definition) is 2. The van der Waals surface area contributed by atoms with Gasteiger partial charge < -0.3 is 10.0 Å². The molecule has 0 fully saturated rings. The van der Waals surface area contributed by atoms with Gasteiger partial charge in [-0.05, 0) is 48.9 Å². The Bertz CT molecular complexity index is 496. The number of aryl methyl sites for hydroxylation is 2. The van der Waals surface area contributed by atoms with Crippen LogP contribution in [0.15, 0.2) is 18.2 Å². The Balaban J connectivity index is 2.18. The van der Waals surface area contributed by atoms with Crippen LogP contribution in [0.5, 0.6) is 0 Å². The Morgan fingerprint density at radius 3 is 2.68 bits per heavy atom. The number of carboxylic acid groups (broad SMARTS) is 1. The highest BCUT2D eigenvalue weighted by Crippen LogP contribution is 2.23. The summed E-state index contributed by atoms with van der Waals surface area (Å²) in [6.07, 6.45) is 3.99. The van der Waals surface area contributed by atoms with E-state index in [0.29, 0.717) is 12.1 Å². The molecule has 1 N–H and O–H groups in total. The van der Waals surface area contributed by atoms with Crippen molar-refractivity contribution < 1.29 is 14.7 Å². The molecule has 0 saturated heterocycles. The van der Waals surface area contributed by atoms with E-state index in [2.05, 4.69) is 0 Å². The van der Waals surface area contributed by atoms with Crippen molar-refractivity contribution in [3.05, 3.63) is 34.9 Å². The summed E-state index contributed by atoms with van der Waals surface area (Å²) in [5, 5.41) is 8.87. The second-order valence-electron chi connectivity index (χ2n) is 4.96. The molecular formula is C15H19NO3. The van der Waals surface area contributed by atoms with E-state index in [9.17, 15) is 9.59 Å². The smallest absolute Gasteiger partial charge is 0.323 e. The monoisotopic (exact) mass is 261 g/mol. The van der Waals surface area contributed by atoms with Gasteiger partial charge in [0.2, 0.25) is 0 Å². The molecule has 0 atom stereocenters. The van der Waals surface area contributed by atoms with Gasteiger partial charge in [0.1, 0.15) is 6.54 Å². The molecule has 19 heavy (non-hydrogen) atoms. The quantitative estimate of drug-likeness (QED) is 0.883. The standard InChI is InChI=1S/C15H19NO3/c1-2-8-16(10-14(17)18)15(19)13-7-6-11-4-3-5-12(11)9-13/h6-7,9H,2-5,8,10H2,1H3,(H,17,18). The summed E-state index contributed by atoms with van der Waals surface area (Å²) in [6, 6.07) is 5.74. The largest absolute Gasteiger partial charge is 0.480 e. The van der Waals surface area contributed by atoms with Crippen LogP contribution >= 0.6 is 0 Å². The summed E-state index contributed by atoms with van der Waals surface area (Å²) < 4.78 is 0. The molecule has 4 nitrogen and oxygen atoms in total. The van der Waals surface area contributed by atoms with Crippen LogP contribution in [0, 0.1) is 0 Å². The van der Waals surface area contributed by atoms with Gasteiger partial charge in [-0.25, -0.2) is 0 Å². The molecule has 1 aromatic rings. The molecule has 0 radical (unpaired) electrons. The Labute approximate surface area is 113 Å². The van der Waals surface area contributed by atoms with E-state index in [1.165, 1.54) is 16.0 Å². The fraction of sp³-hybridized carbons (Fsp3) is 0.467. The zero-order chi connectivity index (χ0) is 13.8. The summed E-state index contributed by atoms with van der Waals surface area (Å²) in [5.74, 6) is -1.15. The predicted molar refractivity (Wildman–Crippen MR) is 72.3 cm³/mol. The molecule has 102 valence electrons. The fourth-order valence-corrected chi connectivity index (χ4v) is 2.57. The first-order valence-electron chi connectivity index (χ1n) is 6.74. The van der Waals surface area contributed by atoms with Gasteiger partial charge in [-0.1, -0.05) is 13.0 Å². The summed E-state index contributed by atoms with van der Waals surface area (Å²) in [4.78, 5) is 24.5. The van der Waals surface area contributed by atoms with Gasteiger partial charge in [0.15, 0.2) is 0 Å². The Kier molecular flexibility index (Phi) is 4.20. The van der Waals surface area contributed by atoms with Gasteiger partial charge in [0, 0.05) is 12.1 Å². The zero-order valence-corrected chi connectivity index (χ0v) is 11.2. The summed E-state index contributed by atoms with van der Waals surface area (Å²) in [6.45, 7) is 2.18. The first-order valence-corrected chi connectivity index (χ1v) is 6.74. The maximum Gasteiger partial charge on any atom is 0.323 e. The van der Waals surface area contributed by atoms with Crippen molar-refractivity contribution in [3.8, 4) is 0 Å². The molecule has 1 amide bonds. The third-order valence-corrected chi connectivity index (χ3v) is 3.45. The number of amides is 1. The molecule has 0 aromatic heterocycles. The van der Waals surface area contributed by atoms with Crippen LogP contribution in [0.3, 0.4) is 0 Å². The minimum Gasteiger partial charge on any atom is -0.480 e. The first kappa shape index (κ1) is 13.6. The molecule has 0 heterocycles. The molecule has 0 spiro atoms. The van der Waals surface area contributed by atoms with Crippen molar-refractivity contribution in [1.82, 2.24) is 4.90 Å². The van der Waals surface area contributed by atoms with Crippen LogP contribution in [-0.4, -0.2) is 35.0 Å².